The molecule has 1 heterocycles. The number of anilines is 1. The van der Waals surface area contributed by atoms with Crippen LogP contribution < -0.4 is 10.2 Å². The van der Waals surface area contributed by atoms with Crippen LogP contribution in [0.2, 0.25) is 0 Å². The van der Waals surface area contributed by atoms with Gasteiger partial charge in [-0.15, -0.1) is 0 Å². The third-order valence-corrected chi connectivity index (χ3v) is 5.29. The van der Waals surface area contributed by atoms with Crippen molar-refractivity contribution < 1.29 is 14.3 Å². The Balaban J connectivity index is 1.60. The van der Waals surface area contributed by atoms with E-state index in [0.29, 0.717) is 13.0 Å². The predicted molar refractivity (Wildman–Crippen MR) is 104 cm³/mol. The number of carbonyl (C=O) groups excluding carboxylic acids is 2. The van der Waals surface area contributed by atoms with Crippen LogP contribution in [0, 0.1) is 6.92 Å². The molecule has 6 heteroatoms. The lowest BCUT2D eigenvalue weighted by atomic mass is 10.0. The number of benzene rings is 2. The molecule has 1 atom stereocenters. The third-order valence-electron chi connectivity index (χ3n) is 4.40. The molecule has 5 nitrogen and oxygen atoms in total. The summed E-state index contributed by atoms with van der Waals surface area (Å²) >= 11 is 3.47. The zero-order chi connectivity index (χ0) is 18.5. The van der Waals surface area contributed by atoms with Gasteiger partial charge in [0, 0.05) is 16.7 Å². The molecule has 0 bridgehead atoms. The van der Waals surface area contributed by atoms with Crippen LogP contribution in [0.15, 0.2) is 53.0 Å². The van der Waals surface area contributed by atoms with Crippen molar-refractivity contribution >= 4 is 33.6 Å². The maximum Gasteiger partial charge on any atom is 0.408 e. The summed E-state index contributed by atoms with van der Waals surface area (Å²) in [5, 5.41) is 2.70. The van der Waals surface area contributed by atoms with Crippen LogP contribution in [0.1, 0.15) is 24.0 Å². The summed E-state index contributed by atoms with van der Waals surface area (Å²) in [6.45, 7) is 2.82. The van der Waals surface area contributed by atoms with Gasteiger partial charge in [0.05, 0.1) is 0 Å². The van der Waals surface area contributed by atoms with Gasteiger partial charge in [-0.05, 0) is 49.1 Å². The van der Waals surface area contributed by atoms with Gasteiger partial charge in [0.15, 0.2) is 0 Å². The molecule has 0 radical (unpaired) electrons. The highest BCUT2D eigenvalue weighted by Gasteiger charge is 2.31. The molecule has 2 amide bonds. The number of alkyl carbamates (subject to hydrolysis) is 1. The highest BCUT2D eigenvalue weighted by Crippen LogP contribution is 2.26. The van der Waals surface area contributed by atoms with Gasteiger partial charge in [-0.25, -0.2) is 4.79 Å². The molecule has 2 aromatic carbocycles. The van der Waals surface area contributed by atoms with E-state index in [1.165, 1.54) is 0 Å². The molecule has 0 spiro atoms. The van der Waals surface area contributed by atoms with Gasteiger partial charge in [0.25, 0.3) is 0 Å². The van der Waals surface area contributed by atoms with Crippen LogP contribution >= 0.6 is 15.9 Å². The summed E-state index contributed by atoms with van der Waals surface area (Å²) in [7, 11) is 0. The maximum atomic E-state index is 12.8. The summed E-state index contributed by atoms with van der Waals surface area (Å²) < 4.78 is 6.23. The fraction of sp³-hybridized carbons (Fsp3) is 0.300. The van der Waals surface area contributed by atoms with Crippen molar-refractivity contribution in [3.05, 3.63) is 64.1 Å². The van der Waals surface area contributed by atoms with Gasteiger partial charge in [-0.2, -0.15) is 0 Å². The second kappa shape index (κ2) is 8.36. The molecular weight excluding hydrogens is 396 g/mol. The molecule has 1 unspecified atom stereocenters. The Morgan fingerprint density at radius 1 is 1.27 bits per heavy atom. The molecule has 26 heavy (non-hydrogen) atoms. The van der Waals surface area contributed by atoms with E-state index in [-0.39, 0.29) is 12.5 Å². The molecule has 1 aliphatic rings. The van der Waals surface area contributed by atoms with Crippen LogP contribution in [-0.4, -0.2) is 24.6 Å². The number of nitrogens with zero attached hydrogens (tertiary/aromatic N) is 1. The number of aryl methyl sites for hydroxylation is 1. The summed E-state index contributed by atoms with van der Waals surface area (Å²) in [6, 6.07) is 14.7. The number of rotatable bonds is 4. The molecule has 0 saturated carbocycles. The smallest absolute Gasteiger partial charge is 0.408 e. The van der Waals surface area contributed by atoms with Crippen LogP contribution in [0.25, 0.3) is 0 Å². The number of halogens is 1. The van der Waals surface area contributed by atoms with E-state index >= 15 is 0 Å². The van der Waals surface area contributed by atoms with Crippen molar-refractivity contribution in [3.63, 3.8) is 0 Å². The van der Waals surface area contributed by atoms with E-state index < -0.39 is 12.1 Å². The first-order valence-electron chi connectivity index (χ1n) is 8.59. The van der Waals surface area contributed by atoms with Crippen molar-refractivity contribution in [3.8, 4) is 0 Å². The number of carbonyl (C=O) groups is 2. The SMILES string of the molecule is Cc1cc(N2CCCC(NC(=O)OCc3ccccc3)C2=O)ccc1Br. The fourth-order valence-electron chi connectivity index (χ4n) is 2.97. The van der Waals surface area contributed by atoms with Gasteiger partial charge < -0.3 is 15.0 Å². The normalized spacial score (nSPS) is 17.1. The largest absolute Gasteiger partial charge is 0.445 e. The Labute approximate surface area is 161 Å². The van der Waals surface area contributed by atoms with Crippen molar-refractivity contribution in [1.82, 2.24) is 5.32 Å². The topological polar surface area (TPSA) is 58.6 Å². The fourth-order valence-corrected chi connectivity index (χ4v) is 3.22. The Bertz CT molecular complexity index is 795. The van der Waals surface area contributed by atoms with Crippen LogP contribution in [0.3, 0.4) is 0 Å². The lowest BCUT2D eigenvalue weighted by Gasteiger charge is -2.32. The minimum absolute atomic E-state index is 0.102. The second-order valence-electron chi connectivity index (χ2n) is 6.32. The summed E-state index contributed by atoms with van der Waals surface area (Å²) in [4.78, 5) is 26.6. The second-order valence-corrected chi connectivity index (χ2v) is 7.18. The standard InChI is InChI=1S/C20H21BrN2O3/c1-14-12-16(9-10-17(14)21)23-11-5-8-18(19(23)24)22-20(25)26-13-15-6-3-2-4-7-15/h2-4,6-7,9-10,12,18H,5,8,11,13H2,1H3,(H,22,25). The van der Waals surface area contributed by atoms with Gasteiger partial charge >= 0.3 is 6.09 Å². The summed E-state index contributed by atoms with van der Waals surface area (Å²) in [5.41, 5.74) is 2.82. The van der Waals surface area contributed by atoms with Crippen molar-refractivity contribution in [2.75, 3.05) is 11.4 Å². The first kappa shape index (κ1) is 18.5. The van der Waals surface area contributed by atoms with Gasteiger partial charge in [-0.3, -0.25) is 4.79 Å². The minimum Gasteiger partial charge on any atom is -0.445 e. The van der Waals surface area contributed by atoms with E-state index in [1.54, 1.807) is 4.90 Å². The molecule has 1 saturated heterocycles. The Morgan fingerprint density at radius 3 is 2.77 bits per heavy atom. The van der Waals surface area contributed by atoms with E-state index in [9.17, 15) is 9.59 Å². The Morgan fingerprint density at radius 2 is 2.04 bits per heavy atom. The quantitative estimate of drug-likeness (QED) is 0.812. The van der Waals surface area contributed by atoms with Crippen LogP contribution in [-0.2, 0) is 16.1 Å². The van der Waals surface area contributed by atoms with E-state index in [4.69, 9.17) is 4.74 Å². The maximum absolute atomic E-state index is 12.8. The third kappa shape index (κ3) is 4.43. The number of nitrogens with one attached hydrogen (secondary N) is 1. The molecule has 1 N–H and O–H groups in total. The number of piperidine rings is 1. The zero-order valence-corrected chi connectivity index (χ0v) is 16.2. The van der Waals surface area contributed by atoms with Crippen LogP contribution in [0.4, 0.5) is 10.5 Å². The van der Waals surface area contributed by atoms with Gasteiger partial charge in [0.1, 0.15) is 12.6 Å². The lowest BCUT2D eigenvalue weighted by molar-refractivity contribution is -0.121. The molecule has 2 aromatic rings. The van der Waals surface area contributed by atoms with Crippen molar-refractivity contribution in [1.29, 1.82) is 0 Å². The number of amides is 2. The molecule has 1 fully saturated rings. The number of ether oxygens (including phenoxy) is 1. The monoisotopic (exact) mass is 416 g/mol. The summed E-state index contributed by atoms with van der Waals surface area (Å²) in [6.07, 6.45) is 0.872. The Hall–Kier alpha value is -2.34. The summed E-state index contributed by atoms with van der Waals surface area (Å²) in [5.74, 6) is -0.102. The minimum atomic E-state index is -0.568. The van der Waals surface area contributed by atoms with E-state index in [2.05, 4.69) is 21.2 Å². The number of hydrogen-bond donors (Lipinski definition) is 1. The highest BCUT2D eigenvalue weighted by atomic mass is 79.9. The molecule has 0 aliphatic carbocycles. The molecule has 1 aliphatic heterocycles. The first-order chi connectivity index (χ1) is 12.5. The van der Waals surface area contributed by atoms with Crippen molar-refractivity contribution in [2.45, 2.75) is 32.4 Å². The Kier molecular flexibility index (Phi) is 5.93. The average Bonchev–Trinajstić information content (AvgIpc) is 2.65. The van der Waals surface area contributed by atoms with Gasteiger partial charge in [-0.1, -0.05) is 46.3 Å². The van der Waals surface area contributed by atoms with E-state index in [1.807, 2.05) is 55.5 Å². The zero-order valence-electron chi connectivity index (χ0n) is 14.6. The van der Waals surface area contributed by atoms with Crippen molar-refractivity contribution in [2.24, 2.45) is 0 Å². The average molecular weight is 417 g/mol. The first-order valence-corrected chi connectivity index (χ1v) is 9.38. The van der Waals surface area contributed by atoms with E-state index in [0.717, 1.165) is 27.7 Å². The number of hydrogen-bond acceptors (Lipinski definition) is 3. The highest BCUT2D eigenvalue weighted by molar-refractivity contribution is 9.10. The van der Waals surface area contributed by atoms with Gasteiger partial charge in [0.2, 0.25) is 5.91 Å². The predicted octanol–water partition coefficient (Wildman–Crippen LogP) is 4.18. The molecule has 0 aromatic heterocycles. The molecule has 3 rings (SSSR count). The molecule has 136 valence electrons. The molecular formula is C20H21BrN2O3. The van der Waals surface area contributed by atoms with Crippen LogP contribution in [0.5, 0.6) is 0 Å². The lowest BCUT2D eigenvalue weighted by Crippen LogP contribution is -2.52.